The van der Waals surface area contributed by atoms with E-state index in [-0.39, 0.29) is 23.1 Å². The zero-order chi connectivity index (χ0) is 29.4. The monoisotopic (exact) mass is 557 g/mol. The molecule has 12 nitrogen and oxygen atoms in total. The number of allylic oxidation sites excluding steroid dienone is 3. The van der Waals surface area contributed by atoms with Gasteiger partial charge in [-0.15, -0.1) is 0 Å². The van der Waals surface area contributed by atoms with Crippen LogP contribution in [0.2, 0.25) is 0 Å². The second kappa shape index (κ2) is 12.7. The van der Waals surface area contributed by atoms with Gasteiger partial charge >= 0.3 is 6.09 Å². The summed E-state index contributed by atoms with van der Waals surface area (Å²) in [7, 11) is 1.53. The molecular weight excluding hydrogens is 526 g/mol. The van der Waals surface area contributed by atoms with Gasteiger partial charge in [0.25, 0.3) is 5.91 Å². The average molecular weight is 558 g/mol. The summed E-state index contributed by atoms with van der Waals surface area (Å²) in [6.07, 6.45) is 8.06. The number of carbonyl (C=O) groups is 3. The van der Waals surface area contributed by atoms with E-state index in [4.69, 9.17) is 9.47 Å². The normalized spacial score (nSPS) is 12.8. The summed E-state index contributed by atoms with van der Waals surface area (Å²) < 4.78 is 11.2. The van der Waals surface area contributed by atoms with Crippen LogP contribution in [0.4, 0.5) is 22.2 Å². The molecular formula is C29H31N7O5. The second-order valence-corrected chi connectivity index (χ2v) is 9.94. The number of carbonyl (C=O) groups excluding carboxylic acids is 3. The third-order valence-corrected chi connectivity index (χ3v) is 5.51. The van der Waals surface area contributed by atoms with Gasteiger partial charge in [0.15, 0.2) is 6.29 Å². The van der Waals surface area contributed by atoms with Crippen molar-refractivity contribution in [1.82, 2.24) is 25.6 Å². The van der Waals surface area contributed by atoms with Gasteiger partial charge in [0.05, 0.1) is 5.56 Å². The molecule has 0 saturated heterocycles. The topological polar surface area (TPSA) is 156 Å². The lowest BCUT2D eigenvalue weighted by Gasteiger charge is -2.21. The largest absolute Gasteiger partial charge is 0.457 e. The van der Waals surface area contributed by atoms with Crippen molar-refractivity contribution >= 4 is 35.7 Å². The number of aromatic nitrogens is 3. The number of benzene rings is 1. The second-order valence-electron chi connectivity index (χ2n) is 9.94. The van der Waals surface area contributed by atoms with Gasteiger partial charge in [-0.25, -0.2) is 9.78 Å². The standard InChI is InChI=1S/C29H31N7O5/c1-29(2,3)41-28(39)35-21-7-5-6-20(14-21)33-25-18(17-37)16-32-27(36-25)34-19-8-10-22(11-9-19)40-23-12-13-31-24(15-23)26(38)30-4/h7-17H,5-6H2,1-4H3,(H,30,38)(H,35,39)(H2,32,33,34,36). The number of ether oxygens (including phenoxy) is 2. The van der Waals surface area contributed by atoms with E-state index in [1.807, 2.05) is 6.08 Å². The molecule has 0 radical (unpaired) electrons. The first-order chi connectivity index (χ1) is 19.6. The van der Waals surface area contributed by atoms with Crippen LogP contribution in [-0.4, -0.2) is 45.9 Å². The molecule has 1 aliphatic rings. The molecule has 12 heteroatoms. The molecule has 0 unspecified atom stereocenters. The summed E-state index contributed by atoms with van der Waals surface area (Å²) in [6.45, 7) is 5.38. The van der Waals surface area contributed by atoms with Crippen molar-refractivity contribution in [2.45, 2.75) is 39.2 Å². The van der Waals surface area contributed by atoms with Crippen molar-refractivity contribution < 1.29 is 23.9 Å². The Morgan fingerprint density at radius 3 is 2.51 bits per heavy atom. The average Bonchev–Trinajstić information content (AvgIpc) is 2.93. The van der Waals surface area contributed by atoms with Crippen molar-refractivity contribution in [2.75, 3.05) is 17.7 Å². The van der Waals surface area contributed by atoms with Crippen LogP contribution in [0.15, 0.2) is 72.3 Å². The number of nitrogens with one attached hydrogen (secondary N) is 4. The van der Waals surface area contributed by atoms with E-state index >= 15 is 0 Å². The minimum Gasteiger partial charge on any atom is -0.457 e. The van der Waals surface area contributed by atoms with Crippen LogP contribution in [0, 0.1) is 0 Å². The number of rotatable bonds is 9. The summed E-state index contributed by atoms with van der Waals surface area (Å²) in [5.74, 6) is 1.32. The van der Waals surface area contributed by atoms with E-state index < -0.39 is 11.7 Å². The molecule has 0 spiro atoms. The molecule has 2 heterocycles. The van der Waals surface area contributed by atoms with E-state index in [1.165, 1.54) is 19.4 Å². The van der Waals surface area contributed by atoms with Gasteiger partial charge < -0.3 is 25.4 Å². The number of alkyl carbamates (subject to hydrolysis) is 1. The summed E-state index contributed by atoms with van der Waals surface area (Å²) >= 11 is 0. The maximum atomic E-state index is 12.1. The highest BCUT2D eigenvalue weighted by molar-refractivity contribution is 5.92. The Bertz CT molecular complexity index is 1490. The molecule has 1 aliphatic carbocycles. The highest BCUT2D eigenvalue weighted by Gasteiger charge is 2.18. The van der Waals surface area contributed by atoms with Gasteiger partial charge in [0.2, 0.25) is 5.95 Å². The third kappa shape index (κ3) is 8.36. The Morgan fingerprint density at radius 1 is 1.02 bits per heavy atom. The lowest BCUT2D eigenvalue weighted by Crippen LogP contribution is -2.32. The Kier molecular flexibility index (Phi) is 8.92. The first-order valence-corrected chi connectivity index (χ1v) is 12.8. The Labute approximate surface area is 237 Å². The minimum absolute atomic E-state index is 0.249. The van der Waals surface area contributed by atoms with Crippen LogP contribution >= 0.6 is 0 Å². The molecule has 0 bridgehead atoms. The number of anilines is 3. The Hall–Kier alpha value is -5.26. The van der Waals surface area contributed by atoms with Gasteiger partial charge in [-0.3, -0.25) is 19.9 Å². The smallest absolute Gasteiger partial charge is 0.412 e. The van der Waals surface area contributed by atoms with Crippen LogP contribution in [0.5, 0.6) is 11.5 Å². The molecule has 2 amide bonds. The van der Waals surface area contributed by atoms with E-state index in [0.717, 1.165) is 5.70 Å². The van der Waals surface area contributed by atoms with Crippen LogP contribution in [0.1, 0.15) is 54.5 Å². The number of pyridine rings is 1. The van der Waals surface area contributed by atoms with Gasteiger partial charge in [-0.05, 0) is 70.0 Å². The number of nitrogens with zero attached hydrogens (tertiary/aromatic N) is 3. The van der Waals surface area contributed by atoms with Crippen molar-refractivity contribution in [3.63, 3.8) is 0 Å². The summed E-state index contributed by atoms with van der Waals surface area (Å²) in [5, 5.41) is 11.6. The molecule has 0 atom stereocenters. The van der Waals surface area contributed by atoms with E-state index in [2.05, 4.69) is 36.2 Å². The van der Waals surface area contributed by atoms with Gasteiger partial charge in [-0.1, -0.05) is 6.08 Å². The van der Waals surface area contributed by atoms with Crippen molar-refractivity contribution in [3.05, 3.63) is 83.6 Å². The molecule has 2 aromatic heterocycles. The highest BCUT2D eigenvalue weighted by Crippen LogP contribution is 2.26. The number of aldehydes is 1. The van der Waals surface area contributed by atoms with Crippen LogP contribution in [-0.2, 0) is 4.74 Å². The summed E-state index contributed by atoms with van der Waals surface area (Å²) in [6, 6.07) is 10.3. The highest BCUT2D eigenvalue weighted by atomic mass is 16.6. The first-order valence-electron chi connectivity index (χ1n) is 12.8. The van der Waals surface area contributed by atoms with Crippen LogP contribution in [0.25, 0.3) is 0 Å². The molecule has 4 rings (SSSR count). The minimum atomic E-state index is -0.613. The number of hydrogen-bond donors (Lipinski definition) is 4. The fourth-order valence-corrected chi connectivity index (χ4v) is 3.70. The van der Waals surface area contributed by atoms with Gasteiger partial charge in [-0.2, -0.15) is 4.98 Å². The van der Waals surface area contributed by atoms with Crippen LogP contribution in [0.3, 0.4) is 0 Å². The zero-order valence-corrected chi connectivity index (χ0v) is 23.1. The molecule has 212 valence electrons. The lowest BCUT2D eigenvalue weighted by molar-refractivity contribution is 0.0547. The van der Waals surface area contributed by atoms with Crippen molar-refractivity contribution in [1.29, 1.82) is 0 Å². The quantitative estimate of drug-likeness (QED) is 0.262. The predicted octanol–water partition coefficient (Wildman–Crippen LogP) is 5.08. The number of hydrogen-bond acceptors (Lipinski definition) is 10. The zero-order valence-electron chi connectivity index (χ0n) is 23.1. The summed E-state index contributed by atoms with van der Waals surface area (Å²) in [5.41, 5.74) is 1.96. The van der Waals surface area contributed by atoms with Crippen LogP contribution < -0.4 is 26.0 Å². The molecule has 3 aromatic rings. The molecule has 41 heavy (non-hydrogen) atoms. The molecule has 1 aromatic carbocycles. The molecule has 0 saturated carbocycles. The predicted molar refractivity (Wildman–Crippen MR) is 153 cm³/mol. The molecule has 4 N–H and O–H groups in total. The summed E-state index contributed by atoms with van der Waals surface area (Å²) in [4.78, 5) is 48.4. The Morgan fingerprint density at radius 2 is 1.80 bits per heavy atom. The maximum Gasteiger partial charge on any atom is 0.412 e. The maximum absolute atomic E-state index is 12.1. The SMILES string of the molecule is CNC(=O)c1cc(Oc2ccc(Nc3ncc(C=O)c(NC4=CC(NC(=O)OC(C)(C)C)=CCC4)n3)cc2)ccn1. The first kappa shape index (κ1) is 28.7. The fraction of sp³-hybridized carbons (Fsp3) is 0.241. The number of amides is 2. The molecule has 0 fully saturated rings. The van der Waals surface area contributed by atoms with E-state index in [9.17, 15) is 14.4 Å². The van der Waals surface area contributed by atoms with E-state index in [0.29, 0.717) is 47.8 Å². The lowest BCUT2D eigenvalue weighted by atomic mass is 10.1. The van der Waals surface area contributed by atoms with Crippen molar-refractivity contribution in [2.24, 2.45) is 0 Å². The fourth-order valence-electron chi connectivity index (χ4n) is 3.70. The third-order valence-electron chi connectivity index (χ3n) is 5.51. The van der Waals surface area contributed by atoms with E-state index in [1.54, 1.807) is 63.2 Å². The van der Waals surface area contributed by atoms with Gasteiger partial charge in [0, 0.05) is 42.6 Å². The van der Waals surface area contributed by atoms with Gasteiger partial charge in [0.1, 0.15) is 28.6 Å². The Balaban J connectivity index is 1.42. The van der Waals surface area contributed by atoms with Crippen molar-refractivity contribution in [3.8, 4) is 11.5 Å². The molecule has 0 aliphatic heterocycles.